The van der Waals surface area contributed by atoms with Gasteiger partial charge in [-0.2, -0.15) is 0 Å². The van der Waals surface area contributed by atoms with Crippen LogP contribution in [0.4, 0.5) is 5.13 Å². The fourth-order valence-corrected chi connectivity index (χ4v) is 3.29. The van der Waals surface area contributed by atoms with Crippen LogP contribution in [0.1, 0.15) is 34.0 Å². The number of thiazole rings is 1. The van der Waals surface area contributed by atoms with Crippen LogP contribution in [0.5, 0.6) is 5.75 Å². The third-order valence-electron chi connectivity index (χ3n) is 3.42. The number of hydrogen-bond acceptors (Lipinski definition) is 5. The van der Waals surface area contributed by atoms with E-state index in [0.717, 1.165) is 0 Å². The van der Waals surface area contributed by atoms with Gasteiger partial charge in [0.15, 0.2) is 5.13 Å². The van der Waals surface area contributed by atoms with Crippen LogP contribution < -0.4 is 10.5 Å². The molecule has 0 aliphatic rings. The van der Waals surface area contributed by atoms with Crippen LogP contribution in [0.25, 0.3) is 0 Å². The van der Waals surface area contributed by atoms with E-state index < -0.39 is 6.10 Å². The summed E-state index contributed by atoms with van der Waals surface area (Å²) >= 11 is 7.05. The van der Waals surface area contributed by atoms with Crippen LogP contribution in [0.2, 0.25) is 5.02 Å². The number of anilines is 1. The topological polar surface area (TPSA) is 65.2 Å². The van der Waals surface area contributed by atoms with E-state index >= 15 is 0 Å². The maximum Gasteiger partial charge on any atom is 0.205 e. The Labute approximate surface area is 148 Å². The minimum Gasteiger partial charge on any atom is -0.484 e. The molecule has 0 fully saturated rings. The summed E-state index contributed by atoms with van der Waals surface area (Å²) in [5.41, 5.74) is 6.97. The van der Waals surface area contributed by atoms with Crippen LogP contribution in [0, 0.1) is 0 Å². The van der Waals surface area contributed by atoms with Crippen molar-refractivity contribution < 1.29 is 9.53 Å². The van der Waals surface area contributed by atoms with E-state index in [2.05, 4.69) is 4.98 Å². The molecule has 0 saturated carbocycles. The largest absolute Gasteiger partial charge is 0.484 e. The van der Waals surface area contributed by atoms with Gasteiger partial charge >= 0.3 is 0 Å². The van der Waals surface area contributed by atoms with Crippen molar-refractivity contribution in [2.24, 2.45) is 0 Å². The fourth-order valence-electron chi connectivity index (χ4n) is 2.28. The van der Waals surface area contributed by atoms with Gasteiger partial charge in [0.05, 0.1) is 0 Å². The number of halogens is 1. The van der Waals surface area contributed by atoms with Crippen molar-refractivity contribution in [3.05, 3.63) is 75.8 Å². The highest BCUT2D eigenvalue weighted by atomic mass is 35.5. The number of nitrogens with zero attached hydrogens (tertiary/aromatic N) is 1. The zero-order valence-electron chi connectivity index (χ0n) is 12.9. The van der Waals surface area contributed by atoms with Crippen molar-refractivity contribution in [3.63, 3.8) is 0 Å². The number of hydrogen-bond donors (Lipinski definition) is 1. The lowest BCUT2D eigenvalue weighted by atomic mass is 10.1. The zero-order valence-corrected chi connectivity index (χ0v) is 14.5. The predicted molar refractivity (Wildman–Crippen MR) is 96.9 cm³/mol. The summed E-state index contributed by atoms with van der Waals surface area (Å²) in [6, 6.07) is 16.1. The van der Waals surface area contributed by atoms with E-state index in [9.17, 15) is 4.79 Å². The number of aromatic nitrogens is 1. The molecule has 1 heterocycles. The molecule has 1 unspecified atom stereocenters. The molecule has 122 valence electrons. The summed E-state index contributed by atoms with van der Waals surface area (Å²) in [5, 5.41) is 0.976. The van der Waals surface area contributed by atoms with Gasteiger partial charge in [0, 0.05) is 10.6 Å². The smallest absolute Gasteiger partial charge is 0.205 e. The van der Waals surface area contributed by atoms with Crippen molar-refractivity contribution in [2.75, 3.05) is 5.73 Å². The normalized spacial score (nSPS) is 11.9. The molecule has 0 radical (unpaired) electrons. The summed E-state index contributed by atoms with van der Waals surface area (Å²) in [7, 11) is 0. The number of benzene rings is 2. The maximum absolute atomic E-state index is 12.7. The molecule has 6 heteroatoms. The quantitative estimate of drug-likeness (QED) is 0.668. The van der Waals surface area contributed by atoms with E-state index in [-0.39, 0.29) is 5.78 Å². The first-order valence-electron chi connectivity index (χ1n) is 7.33. The number of rotatable bonds is 5. The maximum atomic E-state index is 12.7. The summed E-state index contributed by atoms with van der Waals surface area (Å²) < 4.78 is 5.87. The average Bonchev–Trinajstić information content (AvgIpc) is 2.99. The molecule has 1 aromatic heterocycles. The first kappa shape index (κ1) is 16.5. The summed E-state index contributed by atoms with van der Waals surface area (Å²) in [4.78, 5) is 17.5. The first-order valence-corrected chi connectivity index (χ1v) is 8.52. The summed E-state index contributed by atoms with van der Waals surface area (Å²) in [6.07, 6.45) is -0.414. The lowest BCUT2D eigenvalue weighted by molar-refractivity contribution is 0.103. The number of ether oxygens (including phenoxy) is 1. The van der Waals surface area contributed by atoms with Gasteiger partial charge < -0.3 is 10.5 Å². The van der Waals surface area contributed by atoms with Crippen LogP contribution >= 0.6 is 22.9 Å². The van der Waals surface area contributed by atoms with Crippen molar-refractivity contribution in [1.29, 1.82) is 0 Å². The molecule has 0 aliphatic heterocycles. The molecule has 4 nitrogen and oxygen atoms in total. The Morgan fingerprint density at radius 1 is 1.17 bits per heavy atom. The molecule has 0 aliphatic carbocycles. The number of carbonyl (C=O) groups is 1. The monoisotopic (exact) mass is 358 g/mol. The van der Waals surface area contributed by atoms with E-state index in [1.165, 1.54) is 11.3 Å². The standard InChI is InChI=1S/C18H15ClN2O2S/c1-11(23-14-9-7-13(19)8-10-14)15-17(24-18(20)21-15)16(22)12-5-3-2-4-6-12/h2-11H,1H3,(H2,20,21). The molecule has 3 aromatic rings. The second kappa shape index (κ2) is 7.03. The van der Waals surface area contributed by atoms with E-state index in [4.69, 9.17) is 22.1 Å². The Bertz CT molecular complexity index is 847. The second-order valence-corrected chi connectivity index (χ2v) is 6.64. The van der Waals surface area contributed by atoms with Crippen molar-refractivity contribution >= 4 is 33.9 Å². The molecule has 0 bridgehead atoms. The minimum absolute atomic E-state index is 0.105. The number of nitrogens with two attached hydrogens (primary N) is 1. The highest BCUT2D eigenvalue weighted by molar-refractivity contribution is 7.17. The Hall–Kier alpha value is -2.37. The van der Waals surface area contributed by atoms with Gasteiger partial charge in [0.1, 0.15) is 22.4 Å². The highest BCUT2D eigenvalue weighted by Gasteiger charge is 2.23. The molecular weight excluding hydrogens is 344 g/mol. The minimum atomic E-state index is -0.414. The Balaban J connectivity index is 1.88. The Kier molecular flexibility index (Phi) is 4.83. The molecule has 2 aromatic carbocycles. The number of nitrogen functional groups attached to an aromatic ring is 1. The number of ketones is 1. The molecule has 3 rings (SSSR count). The van der Waals surface area contributed by atoms with Gasteiger partial charge in [-0.15, -0.1) is 0 Å². The molecule has 24 heavy (non-hydrogen) atoms. The van der Waals surface area contributed by atoms with Crippen molar-refractivity contribution in [3.8, 4) is 5.75 Å². The lowest BCUT2D eigenvalue weighted by Crippen LogP contribution is -2.10. The molecular formula is C18H15ClN2O2S. The zero-order chi connectivity index (χ0) is 17.1. The Morgan fingerprint density at radius 3 is 2.50 bits per heavy atom. The van der Waals surface area contributed by atoms with Crippen LogP contribution in [-0.2, 0) is 0 Å². The summed E-state index contributed by atoms with van der Waals surface area (Å²) in [5.74, 6) is 0.544. The van der Waals surface area contributed by atoms with E-state index in [0.29, 0.717) is 32.0 Å². The fraction of sp³-hybridized carbons (Fsp3) is 0.111. The van der Waals surface area contributed by atoms with Crippen LogP contribution in [0.15, 0.2) is 54.6 Å². The SMILES string of the molecule is CC(Oc1ccc(Cl)cc1)c1nc(N)sc1C(=O)c1ccccc1. The first-order chi connectivity index (χ1) is 11.5. The Morgan fingerprint density at radius 2 is 1.83 bits per heavy atom. The molecule has 2 N–H and O–H groups in total. The molecule has 0 amide bonds. The van der Waals surface area contributed by atoms with Gasteiger partial charge in [-0.1, -0.05) is 53.3 Å². The predicted octanol–water partition coefficient (Wildman–Crippen LogP) is 4.75. The van der Waals surface area contributed by atoms with Crippen LogP contribution in [-0.4, -0.2) is 10.8 Å². The van der Waals surface area contributed by atoms with Gasteiger partial charge in [0.25, 0.3) is 0 Å². The third kappa shape index (κ3) is 3.58. The van der Waals surface area contributed by atoms with Gasteiger partial charge in [0.2, 0.25) is 5.78 Å². The lowest BCUT2D eigenvalue weighted by Gasteiger charge is -2.14. The molecule has 0 saturated heterocycles. The second-order valence-electron chi connectivity index (χ2n) is 5.18. The molecule has 0 spiro atoms. The average molecular weight is 359 g/mol. The van der Waals surface area contributed by atoms with Gasteiger partial charge in [-0.25, -0.2) is 4.98 Å². The van der Waals surface area contributed by atoms with Crippen LogP contribution in [0.3, 0.4) is 0 Å². The van der Waals surface area contributed by atoms with Crippen molar-refractivity contribution in [1.82, 2.24) is 4.98 Å². The van der Waals surface area contributed by atoms with Gasteiger partial charge in [-0.05, 0) is 31.2 Å². The number of carbonyl (C=O) groups excluding carboxylic acids is 1. The van der Waals surface area contributed by atoms with Crippen molar-refractivity contribution in [2.45, 2.75) is 13.0 Å². The molecule has 1 atom stereocenters. The highest BCUT2D eigenvalue weighted by Crippen LogP contribution is 2.31. The van der Waals surface area contributed by atoms with E-state index in [1.807, 2.05) is 25.1 Å². The van der Waals surface area contributed by atoms with Gasteiger partial charge in [-0.3, -0.25) is 4.79 Å². The summed E-state index contributed by atoms with van der Waals surface area (Å²) in [6.45, 7) is 1.84. The van der Waals surface area contributed by atoms with E-state index in [1.54, 1.807) is 36.4 Å². The third-order valence-corrected chi connectivity index (χ3v) is 4.57.